The molecule has 0 saturated heterocycles. The minimum Gasteiger partial charge on any atom is -0.380 e. The van der Waals surface area contributed by atoms with Crippen molar-refractivity contribution in [2.24, 2.45) is 0 Å². The summed E-state index contributed by atoms with van der Waals surface area (Å²) in [4.78, 5) is 18.5. The van der Waals surface area contributed by atoms with Gasteiger partial charge in [0.1, 0.15) is 5.60 Å². The molecule has 0 aliphatic heterocycles. The molecule has 0 aliphatic carbocycles. The average Bonchev–Trinajstić information content (AvgIpc) is 2.88. The van der Waals surface area contributed by atoms with Crippen LogP contribution in [-0.2, 0) is 12.0 Å². The summed E-state index contributed by atoms with van der Waals surface area (Å²) in [6.45, 7) is 0.671. The molecule has 4 aromatic carbocycles. The minimum atomic E-state index is -1.32. The van der Waals surface area contributed by atoms with Gasteiger partial charge in [-0.2, -0.15) is 0 Å². The molecule has 0 saturated carbocycles. The number of H-pyrrole nitrogens is 1. The van der Waals surface area contributed by atoms with Crippen LogP contribution < -0.4 is 5.56 Å². The summed E-state index contributed by atoms with van der Waals surface area (Å²) < 4.78 is 0.853. The summed E-state index contributed by atoms with van der Waals surface area (Å²) in [5.74, 6) is 0. The summed E-state index contributed by atoms with van der Waals surface area (Å²) in [7, 11) is 4.00. The summed E-state index contributed by atoms with van der Waals surface area (Å²) in [5, 5.41) is 15.5. The molecular weight excluding hydrogens is 512 g/mol. The van der Waals surface area contributed by atoms with E-state index >= 15 is 0 Å². The molecule has 0 bridgehead atoms. The van der Waals surface area contributed by atoms with E-state index in [1.807, 2.05) is 93.0 Å². The summed E-state index contributed by atoms with van der Waals surface area (Å²) in [6, 6.07) is 30.0. The van der Waals surface area contributed by atoms with Crippen LogP contribution in [0.1, 0.15) is 28.7 Å². The number of nitrogens with zero attached hydrogens (tertiary/aromatic N) is 1. The van der Waals surface area contributed by atoms with Crippen molar-refractivity contribution in [3.05, 3.63) is 128 Å². The van der Waals surface area contributed by atoms with E-state index in [1.165, 1.54) is 0 Å². The van der Waals surface area contributed by atoms with Crippen LogP contribution in [0, 0.1) is 0 Å². The lowest BCUT2D eigenvalue weighted by atomic mass is 9.80. The van der Waals surface area contributed by atoms with Gasteiger partial charge in [-0.15, -0.1) is 0 Å². The highest BCUT2D eigenvalue weighted by Crippen LogP contribution is 2.41. The van der Waals surface area contributed by atoms with Gasteiger partial charge in [-0.25, -0.2) is 0 Å². The lowest BCUT2D eigenvalue weighted by molar-refractivity contribution is 0.0656. The SMILES string of the molecule is CN(C)CCC(O)(c1cccc2ccccc12)c1cc(Br)cc2cc(Cc3ccccc3)c(=O)[nH]c12. The number of halogens is 1. The van der Waals surface area contributed by atoms with E-state index in [0.717, 1.165) is 31.8 Å². The van der Waals surface area contributed by atoms with Crippen LogP contribution in [0.4, 0.5) is 0 Å². The van der Waals surface area contributed by atoms with Gasteiger partial charge >= 0.3 is 0 Å². The van der Waals surface area contributed by atoms with Gasteiger partial charge in [0.25, 0.3) is 5.56 Å². The van der Waals surface area contributed by atoms with Crippen LogP contribution >= 0.6 is 15.9 Å². The smallest absolute Gasteiger partial charge is 0.251 e. The van der Waals surface area contributed by atoms with E-state index < -0.39 is 5.60 Å². The van der Waals surface area contributed by atoms with Crippen molar-refractivity contribution in [3.8, 4) is 0 Å². The van der Waals surface area contributed by atoms with Crippen molar-refractivity contribution in [2.45, 2.75) is 18.4 Å². The van der Waals surface area contributed by atoms with E-state index in [2.05, 4.69) is 37.9 Å². The average molecular weight is 541 g/mol. The molecular formula is C31H29BrN2O2. The number of aliphatic hydroxyl groups is 1. The van der Waals surface area contributed by atoms with Crippen LogP contribution in [-0.4, -0.2) is 35.6 Å². The first-order valence-electron chi connectivity index (χ1n) is 12.1. The third-order valence-corrected chi connectivity index (χ3v) is 7.29. The molecule has 0 radical (unpaired) electrons. The predicted molar refractivity (Wildman–Crippen MR) is 152 cm³/mol. The zero-order chi connectivity index (χ0) is 25.3. The number of hydrogen-bond donors (Lipinski definition) is 2. The second-order valence-corrected chi connectivity index (χ2v) is 10.6. The van der Waals surface area contributed by atoms with E-state index in [0.29, 0.717) is 36.0 Å². The molecule has 5 aromatic rings. The number of fused-ring (bicyclic) bond motifs is 2. The Morgan fingerprint density at radius 2 is 1.58 bits per heavy atom. The Morgan fingerprint density at radius 1 is 0.861 bits per heavy atom. The molecule has 5 heteroatoms. The number of aromatic nitrogens is 1. The van der Waals surface area contributed by atoms with Crippen LogP contribution in [0.15, 0.2) is 100 Å². The number of benzene rings is 4. The van der Waals surface area contributed by atoms with Crippen molar-refractivity contribution in [3.63, 3.8) is 0 Å². The van der Waals surface area contributed by atoms with Gasteiger partial charge in [0, 0.05) is 34.0 Å². The molecule has 1 unspecified atom stereocenters. The highest BCUT2D eigenvalue weighted by atomic mass is 79.9. The zero-order valence-electron chi connectivity index (χ0n) is 20.5. The molecule has 0 amide bonds. The first kappa shape index (κ1) is 24.4. The third kappa shape index (κ3) is 4.74. The maximum Gasteiger partial charge on any atom is 0.251 e. The van der Waals surface area contributed by atoms with Crippen molar-refractivity contribution in [1.82, 2.24) is 9.88 Å². The molecule has 0 fully saturated rings. The van der Waals surface area contributed by atoms with Gasteiger partial charge in [-0.05, 0) is 60.6 Å². The fraction of sp³-hybridized carbons (Fsp3) is 0.194. The molecule has 36 heavy (non-hydrogen) atoms. The van der Waals surface area contributed by atoms with Crippen LogP contribution in [0.5, 0.6) is 0 Å². The fourth-order valence-electron chi connectivity index (χ4n) is 4.99. The fourth-order valence-corrected chi connectivity index (χ4v) is 5.46. The summed E-state index contributed by atoms with van der Waals surface area (Å²) >= 11 is 3.67. The number of nitrogens with one attached hydrogen (secondary N) is 1. The Labute approximate surface area is 219 Å². The van der Waals surface area contributed by atoms with Gasteiger partial charge in [-0.3, -0.25) is 4.79 Å². The highest BCUT2D eigenvalue weighted by Gasteiger charge is 2.35. The second-order valence-electron chi connectivity index (χ2n) is 9.64. The maximum atomic E-state index is 13.3. The molecule has 0 aliphatic rings. The zero-order valence-corrected chi connectivity index (χ0v) is 22.0. The lowest BCUT2D eigenvalue weighted by Gasteiger charge is -2.33. The molecule has 0 spiro atoms. The Bertz CT molecular complexity index is 1590. The van der Waals surface area contributed by atoms with Crippen molar-refractivity contribution < 1.29 is 5.11 Å². The van der Waals surface area contributed by atoms with E-state index in [-0.39, 0.29) is 5.56 Å². The minimum absolute atomic E-state index is 0.136. The van der Waals surface area contributed by atoms with Crippen molar-refractivity contribution in [2.75, 3.05) is 20.6 Å². The van der Waals surface area contributed by atoms with Gasteiger partial charge in [0.2, 0.25) is 0 Å². The standard InChI is InChI=1S/C31H29BrN2O2/c1-34(2)16-15-31(36,27-14-8-12-22-11-6-7-13-26(22)27)28-20-25(32)19-23-18-24(30(35)33-29(23)28)17-21-9-4-3-5-10-21/h3-14,18-20,36H,15-17H2,1-2H3,(H,33,35). The lowest BCUT2D eigenvalue weighted by Crippen LogP contribution is -2.33. The number of rotatable bonds is 7. The molecule has 1 atom stereocenters. The van der Waals surface area contributed by atoms with E-state index in [9.17, 15) is 9.90 Å². The number of hydrogen-bond acceptors (Lipinski definition) is 3. The van der Waals surface area contributed by atoms with E-state index in [1.54, 1.807) is 0 Å². The molecule has 1 heterocycles. The molecule has 182 valence electrons. The first-order valence-corrected chi connectivity index (χ1v) is 12.9. The van der Waals surface area contributed by atoms with Gasteiger partial charge in [0.05, 0.1) is 5.52 Å². The highest BCUT2D eigenvalue weighted by molar-refractivity contribution is 9.10. The molecule has 5 rings (SSSR count). The first-order chi connectivity index (χ1) is 17.3. The van der Waals surface area contributed by atoms with Crippen LogP contribution in [0.25, 0.3) is 21.7 Å². The Balaban J connectivity index is 1.73. The van der Waals surface area contributed by atoms with Crippen molar-refractivity contribution >= 4 is 37.6 Å². The third-order valence-electron chi connectivity index (χ3n) is 6.83. The quantitative estimate of drug-likeness (QED) is 0.257. The largest absolute Gasteiger partial charge is 0.380 e. The van der Waals surface area contributed by atoms with Gasteiger partial charge < -0.3 is 15.0 Å². The predicted octanol–water partition coefficient (Wildman–Crippen LogP) is 6.22. The van der Waals surface area contributed by atoms with Gasteiger partial charge in [0.15, 0.2) is 0 Å². The summed E-state index contributed by atoms with van der Waals surface area (Å²) in [6.07, 6.45) is 1.01. The monoisotopic (exact) mass is 540 g/mol. The van der Waals surface area contributed by atoms with E-state index in [4.69, 9.17) is 0 Å². The Hall–Kier alpha value is -3.25. The molecule has 1 aromatic heterocycles. The molecule has 2 N–H and O–H groups in total. The van der Waals surface area contributed by atoms with Crippen LogP contribution in [0.2, 0.25) is 0 Å². The molecule has 4 nitrogen and oxygen atoms in total. The Morgan fingerprint density at radius 3 is 2.36 bits per heavy atom. The summed E-state index contributed by atoms with van der Waals surface area (Å²) in [5.41, 5.74) is 2.49. The van der Waals surface area contributed by atoms with Gasteiger partial charge in [-0.1, -0.05) is 88.7 Å². The normalized spacial score (nSPS) is 13.4. The topological polar surface area (TPSA) is 56.3 Å². The van der Waals surface area contributed by atoms with Crippen molar-refractivity contribution in [1.29, 1.82) is 0 Å². The van der Waals surface area contributed by atoms with Crippen LogP contribution in [0.3, 0.4) is 0 Å². The Kier molecular flexibility index (Phi) is 6.80. The number of pyridine rings is 1. The second kappa shape index (κ2) is 10.0. The maximum absolute atomic E-state index is 13.3. The number of aromatic amines is 1.